The van der Waals surface area contributed by atoms with Gasteiger partial charge in [-0.05, 0) is 111 Å². The molecule has 4 rings (SSSR count). The van der Waals surface area contributed by atoms with E-state index in [0.717, 1.165) is 26.6 Å². The molecule has 0 aliphatic rings. The second-order valence-corrected chi connectivity index (χ2v) is 13.2. The van der Waals surface area contributed by atoms with Crippen LogP contribution in [-0.2, 0) is 24.8 Å². The van der Waals surface area contributed by atoms with Gasteiger partial charge < -0.3 is 5.32 Å². The van der Waals surface area contributed by atoms with E-state index in [1.54, 1.807) is 42.5 Å². The molecule has 2 N–H and O–H groups in total. The summed E-state index contributed by atoms with van der Waals surface area (Å²) in [4.78, 5) is 13.2. The minimum atomic E-state index is -4.05. The first kappa shape index (κ1) is 28.8. The number of nitrogens with zero attached hydrogens (tertiary/aromatic N) is 1. The second-order valence-electron chi connectivity index (χ2n) is 9.65. The van der Waals surface area contributed by atoms with Gasteiger partial charge in [0.05, 0.1) is 15.5 Å². The summed E-state index contributed by atoms with van der Waals surface area (Å²) >= 11 is 0. The van der Waals surface area contributed by atoms with Crippen LogP contribution in [0.25, 0.3) is 0 Å². The van der Waals surface area contributed by atoms with Gasteiger partial charge in [-0.15, -0.1) is 0 Å². The first-order chi connectivity index (χ1) is 18.8. The van der Waals surface area contributed by atoms with E-state index in [2.05, 4.69) is 10.0 Å². The summed E-state index contributed by atoms with van der Waals surface area (Å²) in [7, 11) is -7.90. The van der Waals surface area contributed by atoms with Crippen molar-refractivity contribution in [2.45, 2.75) is 37.5 Å². The standard InChI is InChI=1S/C30H31N3O5S2/c1-21-16-22(2)18-27(17-21)33(40(37,38)29-8-6-5-7-9-29)20-30(34)31-25-12-14-28(15-13-25)39(35,36)32-26-11-10-23(3)24(4)19-26/h5-19,32H,20H2,1-4H3,(H,31,34). The normalized spacial score (nSPS) is 11.6. The maximum atomic E-state index is 13.6. The zero-order chi connectivity index (χ0) is 29.1. The van der Waals surface area contributed by atoms with Crippen molar-refractivity contribution in [3.8, 4) is 0 Å². The molecular formula is C30H31N3O5S2. The lowest BCUT2D eigenvalue weighted by Gasteiger charge is -2.25. The van der Waals surface area contributed by atoms with Crippen LogP contribution in [0.2, 0.25) is 0 Å². The van der Waals surface area contributed by atoms with Gasteiger partial charge in [0.1, 0.15) is 6.54 Å². The van der Waals surface area contributed by atoms with Crippen LogP contribution in [0.1, 0.15) is 22.3 Å². The van der Waals surface area contributed by atoms with Crippen molar-refractivity contribution in [1.29, 1.82) is 0 Å². The van der Waals surface area contributed by atoms with Crippen molar-refractivity contribution >= 4 is 43.0 Å². The van der Waals surface area contributed by atoms with Crippen LogP contribution >= 0.6 is 0 Å². The van der Waals surface area contributed by atoms with Crippen LogP contribution < -0.4 is 14.3 Å². The van der Waals surface area contributed by atoms with E-state index >= 15 is 0 Å². The summed E-state index contributed by atoms with van der Waals surface area (Å²) < 4.78 is 56.5. The molecule has 0 fully saturated rings. The molecule has 4 aromatic carbocycles. The van der Waals surface area contributed by atoms with Crippen molar-refractivity contribution in [3.05, 3.63) is 113 Å². The molecule has 0 bridgehead atoms. The Morgan fingerprint density at radius 3 is 1.88 bits per heavy atom. The molecule has 8 nitrogen and oxygen atoms in total. The molecule has 0 radical (unpaired) electrons. The van der Waals surface area contributed by atoms with Gasteiger partial charge >= 0.3 is 0 Å². The molecule has 0 unspecified atom stereocenters. The van der Waals surface area contributed by atoms with E-state index in [4.69, 9.17) is 0 Å². The highest BCUT2D eigenvalue weighted by molar-refractivity contribution is 7.93. The first-order valence-corrected chi connectivity index (χ1v) is 15.4. The number of hydrogen-bond donors (Lipinski definition) is 2. The Kier molecular flexibility index (Phi) is 8.32. The summed E-state index contributed by atoms with van der Waals surface area (Å²) in [5, 5.41) is 2.68. The van der Waals surface area contributed by atoms with Crippen LogP contribution in [0, 0.1) is 27.7 Å². The van der Waals surface area contributed by atoms with Crippen molar-refractivity contribution in [3.63, 3.8) is 0 Å². The summed E-state index contributed by atoms with van der Waals surface area (Å²) in [5.41, 5.74) is 4.87. The van der Waals surface area contributed by atoms with Crippen molar-refractivity contribution in [1.82, 2.24) is 0 Å². The van der Waals surface area contributed by atoms with Gasteiger partial charge in [0.2, 0.25) is 5.91 Å². The molecule has 40 heavy (non-hydrogen) atoms. The van der Waals surface area contributed by atoms with Crippen molar-refractivity contribution in [2.24, 2.45) is 0 Å². The SMILES string of the molecule is Cc1cc(C)cc(N(CC(=O)Nc2ccc(S(=O)(=O)Nc3ccc(C)c(C)c3)cc2)S(=O)(=O)c2ccccc2)c1. The van der Waals surface area contributed by atoms with Gasteiger partial charge in [0.25, 0.3) is 20.0 Å². The molecule has 0 aromatic heterocycles. The molecule has 1 amide bonds. The topological polar surface area (TPSA) is 113 Å². The van der Waals surface area contributed by atoms with Crippen molar-refractivity contribution in [2.75, 3.05) is 20.9 Å². The molecular weight excluding hydrogens is 546 g/mol. The molecule has 0 atom stereocenters. The highest BCUT2D eigenvalue weighted by Crippen LogP contribution is 2.26. The Morgan fingerprint density at radius 2 is 1.27 bits per heavy atom. The number of aryl methyl sites for hydroxylation is 4. The van der Waals surface area contributed by atoms with Crippen LogP contribution in [0.4, 0.5) is 17.1 Å². The third-order valence-corrected chi connectivity index (χ3v) is 9.51. The molecule has 0 heterocycles. The number of amides is 1. The van der Waals surface area contributed by atoms with E-state index in [0.29, 0.717) is 17.1 Å². The Hall–Kier alpha value is -4.15. The minimum absolute atomic E-state index is 0.0206. The van der Waals surface area contributed by atoms with Gasteiger partial charge in [-0.3, -0.25) is 13.8 Å². The molecule has 0 saturated carbocycles. The predicted octanol–water partition coefficient (Wildman–Crippen LogP) is 5.56. The molecule has 208 valence electrons. The van der Waals surface area contributed by atoms with E-state index in [9.17, 15) is 21.6 Å². The summed E-state index contributed by atoms with van der Waals surface area (Å²) in [6, 6.07) is 24.2. The van der Waals surface area contributed by atoms with Crippen LogP contribution in [0.3, 0.4) is 0 Å². The predicted molar refractivity (Wildman–Crippen MR) is 159 cm³/mol. The zero-order valence-corrected chi connectivity index (χ0v) is 24.3. The van der Waals surface area contributed by atoms with Crippen LogP contribution in [-0.4, -0.2) is 29.3 Å². The highest BCUT2D eigenvalue weighted by Gasteiger charge is 2.27. The first-order valence-electron chi connectivity index (χ1n) is 12.5. The number of carbonyl (C=O) groups excluding carboxylic acids is 1. The number of sulfonamides is 2. The quantitative estimate of drug-likeness (QED) is 0.271. The molecule has 0 aliphatic carbocycles. The van der Waals surface area contributed by atoms with Gasteiger partial charge in [0, 0.05) is 11.4 Å². The number of carbonyl (C=O) groups is 1. The van der Waals surface area contributed by atoms with Crippen LogP contribution in [0.5, 0.6) is 0 Å². The van der Waals surface area contributed by atoms with Gasteiger partial charge in [-0.1, -0.05) is 30.3 Å². The van der Waals surface area contributed by atoms with Gasteiger partial charge in [0.15, 0.2) is 0 Å². The fourth-order valence-corrected chi connectivity index (χ4v) is 6.67. The Bertz CT molecular complexity index is 1730. The monoisotopic (exact) mass is 577 g/mol. The molecule has 4 aromatic rings. The maximum Gasteiger partial charge on any atom is 0.264 e. The average molecular weight is 578 g/mol. The van der Waals surface area contributed by atoms with E-state index in [-0.39, 0.29) is 9.79 Å². The Morgan fingerprint density at radius 1 is 0.675 bits per heavy atom. The lowest BCUT2D eigenvalue weighted by Crippen LogP contribution is -2.38. The molecule has 10 heteroatoms. The third-order valence-electron chi connectivity index (χ3n) is 6.32. The smallest absolute Gasteiger partial charge is 0.264 e. The lowest BCUT2D eigenvalue weighted by atomic mass is 10.1. The second kappa shape index (κ2) is 11.5. The van der Waals surface area contributed by atoms with E-state index in [1.165, 1.54) is 36.4 Å². The van der Waals surface area contributed by atoms with E-state index in [1.807, 2.05) is 39.8 Å². The fourth-order valence-electron chi connectivity index (χ4n) is 4.20. The lowest BCUT2D eigenvalue weighted by molar-refractivity contribution is -0.114. The largest absolute Gasteiger partial charge is 0.325 e. The maximum absolute atomic E-state index is 13.6. The minimum Gasteiger partial charge on any atom is -0.325 e. The molecule has 0 aliphatic heterocycles. The average Bonchev–Trinajstić information content (AvgIpc) is 2.89. The number of benzene rings is 4. The summed E-state index contributed by atoms with van der Waals surface area (Å²) in [5.74, 6) is -0.581. The van der Waals surface area contributed by atoms with Gasteiger partial charge in [-0.2, -0.15) is 0 Å². The molecule has 0 spiro atoms. The third kappa shape index (κ3) is 6.70. The highest BCUT2D eigenvalue weighted by atomic mass is 32.2. The number of nitrogens with one attached hydrogen (secondary N) is 2. The number of anilines is 3. The Labute approximate surface area is 235 Å². The fraction of sp³-hybridized carbons (Fsp3) is 0.167. The van der Waals surface area contributed by atoms with Gasteiger partial charge in [-0.25, -0.2) is 16.8 Å². The number of hydrogen-bond acceptors (Lipinski definition) is 5. The zero-order valence-electron chi connectivity index (χ0n) is 22.7. The number of rotatable bonds is 9. The summed E-state index contributed by atoms with van der Waals surface area (Å²) in [6.45, 7) is 7.08. The summed E-state index contributed by atoms with van der Waals surface area (Å²) in [6.07, 6.45) is 0. The van der Waals surface area contributed by atoms with Crippen LogP contribution in [0.15, 0.2) is 101 Å². The van der Waals surface area contributed by atoms with E-state index < -0.39 is 32.5 Å². The van der Waals surface area contributed by atoms with Crippen molar-refractivity contribution < 1.29 is 21.6 Å². The Balaban J connectivity index is 1.54. The molecule has 0 saturated heterocycles.